The van der Waals surface area contributed by atoms with Crippen molar-refractivity contribution >= 4 is 17.5 Å². The average Bonchev–Trinajstić information content (AvgIpc) is 2.62. The second-order valence-corrected chi connectivity index (χ2v) is 5.71. The Kier molecular flexibility index (Phi) is 7.17. The molecule has 1 aliphatic rings. The van der Waals surface area contributed by atoms with Crippen LogP contribution in [-0.2, 0) is 25.5 Å². The Bertz CT molecular complexity index is 537. The lowest BCUT2D eigenvalue weighted by Gasteiger charge is -2.26. The first kappa shape index (κ1) is 18.4. The molecule has 0 aliphatic carbocycles. The minimum absolute atomic E-state index is 0.0981. The van der Waals surface area contributed by atoms with Crippen molar-refractivity contribution in [1.29, 1.82) is 0 Å². The molecule has 1 fully saturated rings. The predicted octanol–water partition coefficient (Wildman–Crippen LogP) is 0.390. The fourth-order valence-corrected chi connectivity index (χ4v) is 2.49. The zero-order chi connectivity index (χ0) is 17.4. The summed E-state index contributed by atoms with van der Waals surface area (Å²) in [6.45, 7) is 2.79. The van der Waals surface area contributed by atoms with E-state index in [2.05, 4.69) is 5.32 Å². The number of nitrogens with two attached hydrogens (primary N) is 1. The van der Waals surface area contributed by atoms with Gasteiger partial charge in [-0.2, -0.15) is 0 Å². The summed E-state index contributed by atoms with van der Waals surface area (Å²) in [4.78, 5) is 25.9. The molecule has 3 N–H and O–H groups in total. The molecule has 1 aliphatic heterocycles. The van der Waals surface area contributed by atoms with E-state index in [4.69, 9.17) is 15.2 Å². The molecule has 7 heteroatoms. The highest BCUT2D eigenvalue weighted by molar-refractivity contribution is 5.91. The number of hydrogen-bond acceptors (Lipinski definition) is 5. The summed E-state index contributed by atoms with van der Waals surface area (Å²) in [7, 11) is 1.53. The monoisotopic (exact) mass is 335 g/mol. The van der Waals surface area contributed by atoms with E-state index in [1.165, 1.54) is 7.11 Å². The van der Waals surface area contributed by atoms with Gasteiger partial charge in [-0.1, -0.05) is 12.1 Å². The van der Waals surface area contributed by atoms with Gasteiger partial charge in [-0.05, 0) is 17.7 Å². The fraction of sp³-hybridized carbons (Fsp3) is 0.529. The maximum Gasteiger partial charge on any atom is 0.227 e. The number of amides is 2. The summed E-state index contributed by atoms with van der Waals surface area (Å²) in [5, 5.41) is 2.80. The lowest BCUT2D eigenvalue weighted by molar-refractivity contribution is -0.134. The second-order valence-electron chi connectivity index (χ2n) is 5.71. The van der Waals surface area contributed by atoms with Crippen LogP contribution in [0.5, 0.6) is 0 Å². The van der Waals surface area contributed by atoms with Gasteiger partial charge < -0.3 is 25.4 Å². The molecular weight excluding hydrogens is 310 g/mol. The van der Waals surface area contributed by atoms with E-state index in [0.717, 1.165) is 5.56 Å². The van der Waals surface area contributed by atoms with Crippen LogP contribution in [-0.4, -0.2) is 62.8 Å². The van der Waals surface area contributed by atoms with Gasteiger partial charge in [0.25, 0.3) is 0 Å². The SMILES string of the molecule is COC(CN)CC(=O)Nc1ccc(CC(=O)N2CCOCC2)cc1. The molecule has 2 rings (SSSR count). The van der Waals surface area contributed by atoms with Crippen LogP contribution in [0.4, 0.5) is 5.69 Å². The van der Waals surface area contributed by atoms with E-state index < -0.39 is 0 Å². The van der Waals surface area contributed by atoms with Crippen LogP contribution in [0, 0.1) is 0 Å². The number of methoxy groups -OCH3 is 1. The Morgan fingerprint density at radius 3 is 2.54 bits per heavy atom. The number of anilines is 1. The van der Waals surface area contributed by atoms with Crippen molar-refractivity contribution in [2.75, 3.05) is 45.3 Å². The first-order valence-corrected chi connectivity index (χ1v) is 8.09. The molecule has 7 nitrogen and oxygen atoms in total. The summed E-state index contributed by atoms with van der Waals surface area (Å²) >= 11 is 0. The Balaban J connectivity index is 1.83. The maximum absolute atomic E-state index is 12.2. The third-order valence-electron chi connectivity index (χ3n) is 3.97. The number of hydrogen-bond donors (Lipinski definition) is 2. The van der Waals surface area contributed by atoms with Crippen molar-refractivity contribution in [2.24, 2.45) is 5.73 Å². The van der Waals surface area contributed by atoms with Crippen molar-refractivity contribution in [1.82, 2.24) is 4.90 Å². The first-order chi connectivity index (χ1) is 11.6. The second kappa shape index (κ2) is 9.36. The molecule has 1 aromatic rings. The molecule has 1 saturated heterocycles. The highest BCUT2D eigenvalue weighted by Gasteiger charge is 2.17. The van der Waals surface area contributed by atoms with E-state index in [-0.39, 0.29) is 24.3 Å². The number of nitrogens with zero attached hydrogens (tertiary/aromatic N) is 1. The summed E-state index contributed by atoms with van der Waals surface area (Å²) in [6.07, 6.45) is 0.285. The van der Waals surface area contributed by atoms with Gasteiger partial charge in [0.2, 0.25) is 11.8 Å². The minimum Gasteiger partial charge on any atom is -0.380 e. The van der Waals surface area contributed by atoms with Crippen molar-refractivity contribution < 1.29 is 19.1 Å². The number of ether oxygens (including phenoxy) is 2. The molecule has 1 atom stereocenters. The van der Waals surface area contributed by atoms with Gasteiger partial charge in [-0.25, -0.2) is 0 Å². The van der Waals surface area contributed by atoms with Crippen LogP contribution < -0.4 is 11.1 Å². The predicted molar refractivity (Wildman–Crippen MR) is 90.6 cm³/mol. The third kappa shape index (κ3) is 5.59. The molecule has 0 saturated carbocycles. The molecule has 1 aromatic carbocycles. The number of morpholine rings is 1. The number of nitrogens with one attached hydrogen (secondary N) is 1. The van der Waals surface area contributed by atoms with Gasteiger partial charge in [0.15, 0.2) is 0 Å². The molecule has 0 bridgehead atoms. The van der Waals surface area contributed by atoms with Crippen LogP contribution >= 0.6 is 0 Å². The number of benzene rings is 1. The van der Waals surface area contributed by atoms with Gasteiger partial charge >= 0.3 is 0 Å². The lowest BCUT2D eigenvalue weighted by Crippen LogP contribution is -2.41. The fourth-order valence-electron chi connectivity index (χ4n) is 2.49. The Morgan fingerprint density at radius 1 is 1.29 bits per heavy atom. The summed E-state index contributed by atoms with van der Waals surface area (Å²) < 4.78 is 10.3. The molecule has 1 heterocycles. The van der Waals surface area contributed by atoms with Crippen LogP contribution in [0.15, 0.2) is 24.3 Å². The summed E-state index contributed by atoms with van der Waals surface area (Å²) in [6, 6.07) is 7.30. The zero-order valence-corrected chi connectivity index (χ0v) is 14.0. The van der Waals surface area contributed by atoms with E-state index >= 15 is 0 Å². The standard InChI is InChI=1S/C17H25N3O4/c1-23-15(12-18)11-16(21)19-14-4-2-13(3-5-14)10-17(22)20-6-8-24-9-7-20/h2-5,15H,6-12,18H2,1H3,(H,19,21). The smallest absolute Gasteiger partial charge is 0.227 e. The van der Waals surface area contributed by atoms with Gasteiger partial charge in [0.05, 0.1) is 32.2 Å². The molecule has 0 spiro atoms. The molecule has 0 aromatic heterocycles. The van der Waals surface area contributed by atoms with E-state index in [1.54, 1.807) is 12.1 Å². The summed E-state index contributed by atoms with van der Waals surface area (Å²) in [5.74, 6) is -0.0505. The Morgan fingerprint density at radius 2 is 1.96 bits per heavy atom. The number of carbonyl (C=O) groups is 2. The topological polar surface area (TPSA) is 93.9 Å². The van der Waals surface area contributed by atoms with Gasteiger partial charge in [-0.3, -0.25) is 9.59 Å². The van der Waals surface area contributed by atoms with E-state index in [1.807, 2.05) is 17.0 Å². The van der Waals surface area contributed by atoms with Crippen LogP contribution in [0.1, 0.15) is 12.0 Å². The highest BCUT2D eigenvalue weighted by Crippen LogP contribution is 2.12. The van der Waals surface area contributed by atoms with Crippen LogP contribution in [0.2, 0.25) is 0 Å². The highest BCUT2D eigenvalue weighted by atomic mass is 16.5. The molecule has 24 heavy (non-hydrogen) atoms. The van der Waals surface area contributed by atoms with Gasteiger partial charge in [0, 0.05) is 32.4 Å². The van der Waals surface area contributed by atoms with Crippen molar-refractivity contribution in [3.05, 3.63) is 29.8 Å². The van der Waals surface area contributed by atoms with Gasteiger partial charge in [-0.15, -0.1) is 0 Å². The normalized spacial score (nSPS) is 15.8. The largest absolute Gasteiger partial charge is 0.380 e. The Labute approximate surface area is 142 Å². The summed E-state index contributed by atoms with van der Waals surface area (Å²) in [5.41, 5.74) is 7.11. The minimum atomic E-state index is -0.282. The quantitative estimate of drug-likeness (QED) is 0.752. The third-order valence-corrected chi connectivity index (χ3v) is 3.97. The first-order valence-electron chi connectivity index (χ1n) is 8.09. The zero-order valence-electron chi connectivity index (χ0n) is 14.0. The number of carbonyl (C=O) groups excluding carboxylic acids is 2. The van der Waals surface area contributed by atoms with Crippen molar-refractivity contribution in [3.8, 4) is 0 Å². The molecular formula is C17H25N3O4. The van der Waals surface area contributed by atoms with E-state index in [9.17, 15) is 9.59 Å². The van der Waals surface area contributed by atoms with Crippen molar-refractivity contribution in [3.63, 3.8) is 0 Å². The molecule has 1 unspecified atom stereocenters. The lowest BCUT2D eigenvalue weighted by atomic mass is 10.1. The molecule has 2 amide bonds. The maximum atomic E-state index is 12.2. The Hall–Kier alpha value is -1.96. The average molecular weight is 335 g/mol. The van der Waals surface area contributed by atoms with Crippen molar-refractivity contribution in [2.45, 2.75) is 18.9 Å². The molecule has 132 valence electrons. The van der Waals surface area contributed by atoms with Crippen LogP contribution in [0.3, 0.4) is 0 Å². The van der Waals surface area contributed by atoms with Gasteiger partial charge in [0.1, 0.15) is 0 Å². The molecule has 0 radical (unpaired) electrons. The number of rotatable bonds is 7. The van der Waals surface area contributed by atoms with E-state index in [0.29, 0.717) is 45.0 Å². The van der Waals surface area contributed by atoms with Crippen LogP contribution in [0.25, 0.3) is 0 Å².